The third-order valence-corrected chi connectivity index (χ3v) is 5.35. The van der Waals surface area contributed by atoms with E-state index in [0.29, 0.717) is 12.0 Å². The fourth-order valence-electron chi connectivity index (χ4n) is 3.65. The molecule has 0 bridgehead atoms. The lowest BCUT2D eigenvalue weighted by atomic mass is 10.0. The molecule has 0 saturated carbocycles. The van der Waals surface area contributed by atoms with Gasteiger partial charge in [0.1, 0.15) is 0 Å². The van der Waals surface area contributed by atoms with Gasteiger partial charge >= 0.3 is 0 Å². The van der Waals surface area contributed by atoms with E-state index in [2.05, 4.69) is 43.5 Å². The molecule has 0 heterocycles. The Bertz CT molecular complexity index is 836. The number of aryl methyl sites for hydroxylation is 3. The summed E-state index contributed by atoms with van der Waals surface area (Å²) in [5, 5.41) is 6.11. The summed E-state index contributed by atoms with van der Waals surface area (Å²) in [4.78, 5) is 25.6. The van der Waals surface area contributed by atoms with Crippen molar-refractivity contribution in [3.63, 3.8) is 0 Å². The Hall–Kier alpha value is -2.82. The molecule has 5 nitrogen and oxygen atoms in total. The number of rotatable bonds is 10. The number of anilines is 2. The first-order valence-corrected chi connectivity index (χ1v) is 10.7. The number of carbonyl (C=O) groups excluding carboxylic acids is 2. The van der Waals surface area contributed by atoms with Gasteiger partial charge in [-0.2, -0.15) is 0 Å². The summed E-state index contributed by atoms with van der Waals surface area (Å²) < 4.78 is 0. The molecular weight excluding hydrogens is 374 g/mol. The summed E-state index contributed by atoms with van der Waals surface area (Å²) >= 11 is 0. The molecule has 0 aromatic heterocycles. The minimum Gasteiger partial charge on any atom is -0.359 e. The van der Waals surface area contributed by atoms with Gasteiger partial charge in [0.05, 0.1) is 0 Å². The van der Waals surface area contributed by atoms with Gasteiger partial charge in [-0.15, -0.1) is 0 Å². The zero-order valence-electron chi connectivity index (χ0n) is 19.0. The first-order valence-electron chi connectivity index (χ1n) is 10.7. The maximum atomic E-state index is 12.7. The number of amides is 2. The topological polar surface area (TPSA) is 61.4 Å². The Balaban J connectivity index is 1.84. The number of hydrogen-bond acceptors (Lipinski definition) is 3. The molecule has 0 spiro atoms. The Labute approximate surface area is 180 Å². The number of hydrogen-bond donors (Lipinski definition) is 2. The van der Waals surface area contributed by atoms with E-state index in [1.54, 1.807) is 11.9 Å². The van der Waals surface area contributed by atoms with Crippen LogP contribution in [-0.2, 0) is 4.79 Å². The number of benzene rings is 2. The summed E-state index contributed by atoms with van der Waals surface area (Å²) in [6, 6.07) is 12.0. The van der Waals surface area contributed by atoms with Gasteiger partial charge in [0.15, 0.2) is 0 Å². The van der Waals surface area contributed by atoms with E-state index in [4.69, 9.17) is 0 Å². The minimum absolute atomic E-state index is 0.0367. The SMILES string of the molecule is CNC(=O)CCCCCCN(C)C(=O)c1ccc(Nc2c(C)cc(C)cc2C)cc1. The molecule has 2 aromatic carbocycles. The van der Waals surface area contributed by atoms with Crippen LogP contribution in [0.15, 0.2) is 36.4 Å². The number of nitrogens with one attached hydrogen (secondary N) is 2. The lowest BCUT2D eigenvalue weighted by Crippen LogP contribution is -2.27. The van der Waals surface area contributed by atoms with Gasteiger partial charge in [-0.1, -0.05) is 30.5 Å². The molecule has 0 aliphatic rings. The number of carbonyl (C=O) groups is 2. The molecule has 2 aromatic rings. The van der Waals surface area contributed by atoms with Crippen LogP contribution in [0.4, 0.5) is 11.4 Å². The lowest BCUT2D eigenvalue weighted by molar-refractivity contribution is -0.120. The number of nitrogens with zero attached hydrogens (tertiary/aromatic N) is 1. The minimum atomic E-state index is 0.0367. The van der Waals surface area contributed by atoms with Crippen LogP contribution in [0.1, 0.15) is 59.2 Å². The summed E-state index contributed by atoms with van der Waals surface area (Å²) in [6.45, 7) is 7.04. The zero-order valence-corrected chi connectivity index (χ0v) is 19.0. The molecule has 162 valence electrons. The third kappa shape index (κ3) is 6.90. The van der Waals surface area contributed by atoms with Crippen LogP contribution in [0.3, 0.4) is 0 Å². The molecule has 30 heavy (non-hydrogen) atoms. The zero-order chi connectivity index (χ0) is 22.1. The molecule has 2 amide bonds. The smallest absolute Gasteiger partial charge is 0.253 e. The fraction of sp³-hybridized carbons (Fsp3) is 0.440. The standard InChI is InChI=1S/C25H35N3O2/c1-18-16-19(2)24(20(3)17-18)27-22-13-11-21(12-14-22)25(30)28(5)15-9-7-6-8-10-23(29)26-4/h11-14,16-17,27H,6-10,15H2,1-5H3,(H,26,29). The normalized spacial score (nSPS) is 10.6. The third-order valence-electron chi connectivity index (χ3n) is 5.35. The maximum absolute atomic E-state index is 12.7. The average Bonchev–Trinajstić information content (AvgIpc) is 2.72. The van der Waals surface area contributed by atoms with Crippen LogP contribution < -0.4 is 10.6 Å². The highest BCUT2D eigenvalue weighted by Crippen LogP contribution is 2.26. The molecule has 0 radical (unpaired) electrons. The van der Waals surface area contributed by atoms with E-state index in [0.717, 1.165) is 43.6 Å². The molecule has 0 unspecified atom stereocenters. The van der Waals surface area contributed by atoms with Crippen molar-refractivity contribution < 1.29 is 9.59 Å². The summed E-state index contributed by atoms with van der Waals surface area (Å²) in [5.74, 6) is 0.127. The second-order valence-corrected chi connectivity index (χ2v) is 8.04. The predicted octanol–water partition coefficient (Wildman–Crippen LogP) is 5.12. The highest BCUT2D eigenvalue weighted by atomic mass is 16.2. The van der Waals surface area contributed by atoms with Crippen LogP contribution in [0.2, 0.25) is 0 Å². The summed E-state index contributed by atoms with van der Waals surface area (Å²) in [5.41, 5.74) is 6.46. The van der Waals surface area contributed by atoms with Crippen molar-refractivity contribution in [1.82, 2.24) is 10.2 Å². The molecule has 0 aliphatic heterocycles. The molecule has 5 heteroatoms. The van der Waals surface area contributed by atoms with Crippen LogP contribution >= 0.6 is 0 Å². The van der Waals surface area contributed by atoms with Gasteiger partial charge < -0.3 is 15.5 Å². The monoisotopic (exact) mass is 409 g/mol. The van der Waals surface area contributed by atoms with Gasteiger partial charge in [0.2, 0.25) is 5.91 Å². The van der Waals surface area contributed by atoms with Crippen molar-refractivity contribution in [1.29, 1.82) is 0 Å². The lowest BCUT2D eigenvalue weighted by Gasteiger charge is -2.18. The summed E-state index contributed by atoms with van der Waals surface area (Å²) in [6.07, 6.45) is 4.45. The molecule has 0 saturated heterocycles. The van der Waals surface area contributed by atoms with E-state index in [1.165, 1.54) is 16.7 Å². The molecule has 0 atom stereocenters. The van der Waals surface area contributed by atoms with E-state index < -0.39 is 0 Å². The molecule has 0 fully saturated rings. The van der Waals surface area contributed by atoms with Crippen LogP contribution in [0, 0.1) is 20.8 Å². The molecule has 0 aliphatic carbocycles. The Kier molecular flexibility index (Phi) is 8.90. The maximum Gasteiger partial charge on any atom is 0.253 e. The second kappa shape index (κ2) is 11.4. The van der Waals surface area contributed by atoms with Crippen molar-refractivity contribution in [2.75, 3.05) is 26.0 Å². The number of unbranched alkanes of at least 4 members (excludes halogenated alkanes) is 3. The van der Waals surface area contributed by atoms with Gasteiger partial charge in [-0.05, 0) is 69.0 Å². The van der Waals surface area contributed by atoms with E-state index in [1.807, 2.05) is 31.3 Å². The van der Waals surface area contributed by atoms with E-state index in [-0.39, 0.29) is 11.8 Å². The highest BCUT2D eigenvalue weighted by Gasteiger charge is 2.12. The van der Waals surface area contributed by atoms with Crippen molar-refractivity contribution in [3.05, 3.63) is 58.7 Å². The van der Waals surface area contributed by atoms with Crippen molar-refractivity contribution in [2.24, 2.45) is 0 Å². The van der Waals surface area contributed by atoms with Gasteiger partial charge in [0.25, 0.3) is 5.91 Å². The van der Waals surface area contributed by atoms with E-state index >= 15 is 0 Å². The predicted molar refractivity (Wildman–Crippen MR) is 124 cm³/mol. The fourth-order valence-corrected chi connectivity index (χ4v) is 3.65. The van der Waals surface area contributed by atoms with Crippen molar-refractivity contribution in [3.8, 4) is 0 Å². The first kappa shape index (κ1) is 23.5. The van der Waals surface area contributed by atoms with Gasteiger partial charge in [0, 0.05) is 44.0 Å². The second-order valence-electron chi connectivity index (χ2n) is 8.04. The molecular formula is C25H35N3O2. The van der Waals surface area contributed by atoms with Crippen molar-refractivity contribution >= 4 is 23.2 Å². The van der Waals surface area contributed by atoms with Crippen LogP contribution in [0.25, 0.3) is 0 Å². The highest BCUT2D eigenvalue weighted by molar-refractivity contribution is 5.94. The van der Waals surface area contributed by atoms with Crippen LogP contribution in [0.5, 0.6) is 0 Å². The van der Waals surface area contributed by atoms with Gasteiger partial charge in [-0.3, -0.25) is 9.59 Å². The first-order chi connectivity index (χ1) is 14.3. The van der Waals surface area contributed by atoms with Crippen LogP contribution in [-0.4, -0.2) is 37.4 Å². The molecule has 2 N–H and O–H groups in total. The Morgan fingerprint density at radius 2 is 1.50 bits per heavy atom. The largest absolute Gasteiger partial charge is 0.359 e. The Morgan fingerprint density at radius 3 is 2.10 bits per heavy atom. The summed E-state index contributed by atoms with van der Waals surface area (Å²) in [7, 11) is 3.51. The molecule has 2 rings (SSSR count). The van der Waals surface area contributed by atoms with Crippen molar-refractivity contribution in [2.45, 2.75) is 52.9 Å². The quantitative estimate of drug-likeness (QED) is 0.535. The Morgan fingerprint density at radius 1 is 0.900 bits per heavy atom. The van der Waals surface area contributed by atoms with E-state index in [9.17, 15) is 9.59 Å². The van der Waals surface area contributed by atoms with Gasteiger partial charge in [-0.25, -0.2) is 0 Å². The average molecular weight is 410 g/mol.